The van der Waals surface area contributed by atoms with Crippen molar-refractivity contribution >= 4 is 29.2 Å². The van der Waals surface area contributed by atoms with Gasteiger partial charge in [0.05, 0.1) is 30.5 Å². The van der Waals surface area contributed by atoms with Gasteiger partial charge in [-0.05, 0) is 112 Å². The highest BCUT2D eigenvalue weighted by molar-refractivity contribution is 6.39. The number of cyclic esters (lactones) is 1. The standard InChI is InChI=1S/C52H79N5O12/c1-31-16-12-11-13-17-32(2)43(65-8)28-39-21-19-37(7)52(64,69-39)49(61)50(62)56-23-15-14-18-41(56)51(63)68-44(34(4)26-38-20-22-40(45(27-38)66-9)57-54-30-53-55-57)29-42(58)33(3)25-36(6)47(60)48(67-10)46(59)35(5)24-31/h11-13,16-17,25,30-31,34-41,43-45,47-48,60,64H,14-15,18-24,26-29H2,1-10H3/b13-11?,16-12?,32-17?,33-25+/t31-,34-,35?,36?,37-,38+,39+,40+,41?,43+,44+,45-,47-,48?,52?/m1/s1. The van der Waals surface area contributed by atoms with Gasteiger partial charge in [0.1, 0.15) is 18.2 Å². The molecule has 1 aromatic heterocycles. The van der Waals surface area contributed by atoms with Gasteiger partial charge in [0.25, 0.3) is 11.7 Å². The molecule has 69 heavy (non-hydrogen) atoms. The molecular formula is C52H79N5O12. The van der Waals surface area contributed by atoms with Crippen molar-refractivity contribution in [1.82, 2.24) is 25.1 Å². The Morgan fingerprint density at radius 1 is 0.899 bits per heavy atom. The van der Waals surface area contributed by atoms with Crippen LogP contribution in [0.5, 0.6) is 0 Å². The maximum Gasteiger partial charge on any atom is 0.329 e. The van der Waals surface area contributed by atoms with Crippen LogP contribution in [0.2, 0.25) is 0 Å². The molecule has 17 nitrogen and oxygen atoms in total. The highest BCUT2D eigenvalue weighted by Crippen LogP contribution is 2.39. The van der Waals surface area contributed by atoms with Crippen LogP contribution in [0.4, 0.5) is 0 Å². The average molecular weight is 966 g/mol. The minimum Gasteiger partial charge on any atom is -0.460 e. The molecule has 15 atom stereocenters. The van der Waals surface area contributed by atoms with Crippen LogP contribution >= 0.6 is 0 Å². The number of carbonyl (C=O) groups is 5. The number of amides is 1. The summed E-state index contributed by atoms with van der Waals surface area (Å²) in [7, 11) is 4.62. The van der Waals surface area contributed by atoms with Crippen LogP contribution in [0.15, 0.2) is 53.9 Å². The third kappa shape index (κ3) is 14.2. The fourth-order valence-corrected chi connectivity index (χ4v) is 10.7. The molecule has 2 N–H and O–H groups in total. The molecule has 5 unspecified atom stereocenters. The highest BCUT2D eigenvalue weighted by atomic mass is 16.6. The number of methoxy groups -OCH3 is 3. The number of ether oxygens (including phenoxy) is 5. The number of Topliss-reactive ketones (excluding diaryl/α,β-unsaturated/α-hetero) is 3. The van der Waals surface area contributed by atoms with Gasteiger partial charge in [-0.15, -0.1) is 10.2 Å². The van der Waals surface area contributed by atoms with E-state index in [0.29, 0.717) is 56.9 Å². The molecule has 0 spiro atoms. The summed E-state index contributed by atoms with van der Waals surface area (Å²) in [5.41, 5.74) is 1.20. The van der Waals surface area contributed by atoms with Crippen molar-refractivity contribution in [3.05, 3.63) is 53.9 Å². The molecule has 384 valence electrons. The van der Waals surface area contributed by atoms with Gasteiger partial charge >= 0.3 is 5.97 Å². The molecule has 1 saturated carbocycles. The lowest BCUT2D eigenvalue weighted by Gasteiger charge is -2.42. The number of carbonyl (C=O) groups excluding carboxylic acids is 5. The van der Waals surface area contributed by atoms with Gasteiger partial charge in [-0.25, -0.2) is 4.79 Å². The fraction of sp³-hybridized carbons (Fsp3) is 0.731. The topological polar surface area (TPSA) is 219 Å². The number of rotatable bonds is 7. The van der Waals surface area contributed by atoms with Crippen molar-refractivity contribution < 1.29 is 57.9 Å². The minimum absolute atomic E-state index is 0.0195. The molecule has 0 aromatic carbocycles. The lowest BCUT2D eigenvalue weighted by Crippen LogP contribution is -2.61. The van der Waals surface area contributed by atoms with Crippen molar-refractivity contribution in [1.29, 1.82) is 0 Å². The average Bonchev–Trinajstić information content (AvgIpc) is 3.88. The zero-order valence-corrected chi connectivity index (χ0v) is 42.5. The summed E-state index contributed by atoms with van der Waals surface area (Å²) in [5, 5.41) is 35.7. The third-order valence-corrected chi connectivity index (χ3v) is 15.2. The van der Waals surface area contributed by atoms with E-state index in [4.69, 9.17) is 23.7 Å². The van der Waals surface area contributed by atoms with Gasteiger partial charge in [-0.3, -0.25) is 19.2 Å². The fourth-order valence-electron chi connectivity index (χ4n) is 10.7. The van der Waals surface area contributed by atoms with Gasteiger partial charge in [0, 0.05) is 58.5 Å². The summed E-state index contributed by atoms with van der Waals surface area (Å²) in [6.07, 6.45) is 13.7. The summed E-state index contributed by atoms with van der Waals surface area (Å²) in [4.78, 5) is 73.9. The Balaban J connectivity index is 1.46. The first-order valence-corrected chi connectivity index (χ1v) is 25.0. The molecule has 3 aliphatic heterocycles. The first-order chi connectivity index (χ1) is 32.8. The Hall–Kier alpha value is -4.26. The van der Waals surface area contributed by atoms with Gasteiger partial charge in [-0.1, -0.05) is 71.1 Å². The number of nitrogens with zero attached hydrogens (tertiary/aromatic N) is 5. The quantitative estimate of drug-likeness (QED) is 0.235. The number of piperidine rings is 1. The maximum absolute atomic E-state index is 14.5. The van der Waals surface area contributed by atoms with Crippen molar-refractivity contribution in [2.24, 2.45) is 35.5 Å². The second-order valence-electron chi connectivity index (χ2n) is 20.4. The molecule has 2 bridgehead atoms. The summed E-state index contributed by atoms with van der Waals surface area (Å²) in [5.74, 6) is -7.91. The predicted octanol–water partition coefficient (Wildman–Crippen LogP) is 6.05. The second-order valence-corrected chi connectivity index (χ2v) is 20.4. The zero-order valence-electron chi connectivity index (χ0n) is 42.5. The number of hydrogen-bond acceptors (Lipinski definition) is 15. The second kappa shape index (κ2) is 25.7. The Kier molecular flexibility index (Phi) is 20.8. The van der Waals surface area contributed by atoms with Crippen LogP contribution in [0.3, 0.4) is 0 Å². The molecule has 17 heteroatoms. The summed E-state index contributed by atoms with van der Waals surface area (Å²) < 4.78 is 29.9. The Morgan fingerprint density at radius 3 is 2.33 bits per heavy atom. The van der Waals surface area contributed by atoms with Crippen LogP contribution in [-0.4, -0.2) is 141 Å². The summed E-state index contributed by atoms with van der Waals surface area (Å²) >= 11 is 0. The predicted molar refractivity (Wildman–Crippen MR) is 256 cm³/mol. The lowest BCUT2D eigenvalue weighted by molar-refractivity contribution is -0.265. The van der Waals surface area contributed by atoms with E-state index in [2.05, 4.69) is 15.4 Å². The van der Waals surface area contributed by atoms with E-state index in [1.54, 1.807) is 45.9 Å². The third-order valence-electron chi connectivity index (χ3n) is 15.2. The molecular weight excluding hydrogens is 887 g/mol. The number of tetrazole rings is 1. The van der Waals surface area contributed by atoms with Gasteiger partial charge in [-0.2, -0.15) is 4.80 Å². The van der Waals surface area contributed by atoms with Crippen molar-refractivity contribution in [2.45, 2.75) is 180 Å². The van der Waals surface area contributed by atoms with Crippen LogP contribution in [0.1, 0.15) is 132 Å². The monoisotopic (exact) mass is 966 g/mol. The Morgan fingerprint density at radius 2 is 1.65 bits per heavy atom. The SMILES string of the molecule is COC1C(=O)C(C)C[C@H](C)C=CC=CC=C(C)[C@@H](OC)C[C@@H]2CC[C@@H](C)C(O)(O2)C(=O)C(=O)N2CCCCC2C(=O)O[C@H]([C@H](C)C[C@@H]2CC[C@H](n3ncnn3)[C@H](OC)C2)CC(=O)/C(C)=C/C(C)[C@H]1O. The van der Waals surface area contributed by atoms with E-state index >= 15 is 0 Å². The number of allylic oxidation sites excluding steroid dienone is 6. The number of esters is 1. The first kappa shape index (κ1) is 55.7. The van der Waals surface area contributed by atoms with Crippen molar-refractivity contribution in [3.8, 4) is 0 Å². The van der Waals surface area contributed by atoms with Crippen LogP contribution in [-0.2, 0) is 47.7 Å². The van der Waals surface area contributed by atoms with E-state index in [0.717, 1.165) is 18.4 Å². The molecule has 1 aromatic rings. The van der Waals surface area contributed by atoms with E-state index in [9.17, 15) is 34.2 Å². The van der Waals surface area contributed by atoms with Crippen LogP contribution in [0.25, 0.3) is 0 Å². The number of ketones is 3. The molecule has 1 amide bonds. The molecule has 1 aliphatic carbocycles. The minimum atomic E-state index is -2.43. The van der Waals surface area contributed by atoms with Gasteiger partial charge in [0.2, 0.25) is 5.79 Å². The molecule has 2 saturated heterocycles. The number of aliphatic hydroxyl groups is 2. The number of fused-ring (bicyclic) bond motifs is 3. The highest BCUT2D eigenvalue weighted by Gasteiger charge is 2.53. The maximum atomic E-state index is 14.5. The zero-order chi connectivity index (χ0) is 50.6. The number of hydrogen-bond donors (Lipinski definition) is 2. The van der Waals surface area contributed by atoms with Crippen molar-refractivity contribution in [2.75, 3.05) is 27.9 Å². The van der Waals surface area contributed by atoms with Crippen molar-refractivity contribution in [3.63, 3.8) is 0 Å². The largest absolute Gasteiger partial charge is 0.460 e. The van der Waals surface area contributed by atoms with E-state index in [1.165, 1.54) is 18.3 Å². The number of aliphatic hydroxyl groups excluding tert-OH is 1. The van der Waals surface area contributed by atoms with E-state index in [-0.39, 0.29) is 60.9 Å². The molecule has 3 fully saturated rings. The lowest BCUT2D eigenvalue weighted by atomic mass is 9.78. The Bertz CT molecular complexity index is 2020. The molecule has 4 heterocycles. The van der Waals surface area contributed by atoms with Gasteiger partial charge < -0.3 is 38.8 Å². The molecule has 5 rings (SSSR count). The van der Waals surface area contributed by atoms with Crippen LogP contribution in [0, 0.1) is 35.5 Å². The van der Waals surface area contributed by atoms with E-state index < -0.39 is 77.8 Å². The normalized spacial score (nSPS) is 37.1. The Labute approximate surface area is 408 Å². The van der Waals surface area contributed by atoms with Gasteiger partial charge in [0.15, 0.2) is 17.9 Å². The summed E-state index contributed by atoms with van der Waals surface area (Å²) in [6.45, 7) is 12.8. The molecule has 0 radical (unpaired) electrons. The molecule has 4 aliphatic rings. The summed E-state index contributed by atoms with van der Waals surface area (Å²) in [6, 6.07) is -1.25. The van der Waals surface area contributed by atoms with E-state index in [1.807, 2.05) is 58.1 Å². The first-order valence-electron chi connectivity index (χ1n) is 25.0. The van der Waals surface area contributed by atoms with Crippen LogP contribution < -0.4 is 0 Å². The smallest absolute Gasteiger partial charge is 0.329 e. The number of aromatic nitrogens is 4.